The van der Waals surface area contributed by atoms with Crippen molar-refractivity contribution >= 4 is 44.2 Å². The van der Waals surface area contributed by atoms with Crippen molar-refractivity contribution in [2.75, 3.05) is 11.9 Å². The van der Waals surface area contributed by atoms with E-state index in [2.05, 4.69) is 21.2 Å². The highest BCUT2D eigenvalue weighted by Gasteiger charge is 2.20. The highest BCUT2D eigenvalue weighted by molar-refractivity contribution is 9.10. The van der Waals surface area contributed by atoms with Gasteiger partial charge in [0, 0.05) is 16.4 Å². The monoisotopic (exact) mass is 307 g/mol. The number of rotatable bonds is 6. The summed E-state index contributed by atoms with van der Waals surface area (Å²) in [6, 6.07) is 1.81. The minimum absolute atomic E-state index is 0.106. The van der Waals surface area contributed by atoms with Gasteiger partial charge < -0.3 is 15.5 Å². The molecule has 0 aliphatic heterocycles. The van der Waals surface area contributed by atoms with Gasteiger partial charge in [0.05, 0.1) is 17.3 Å². The van der Waals surface area contributed by atoms with E-state index in [-0.39, 0.29) is 13.0 Å². The first-order chi connectivity index (χ1) is 7.49. The van der Waals surface area contributed by atoms with Crippen molar-refractivity contribution in [1.82, 2.24) is 0 Å². The molecule has 1 aromatic rings. The van der Waals surface area contributed by atoms with Crippen LogP contribution in [0, 0.1) is 5.92 Å². The molecule has 0 amide bonds. The summed E-state index contributed by atoms with van der Waals surface area (Å²) in [5.41, 5.74) is 0. The molecule has 3 N–H and O–H groups in total. The Kier molecular flexibility index (Phi) is 4.75. The van der Waals surface area contributed by atoms with Gasteiger partial charge in [0.25, 0.3) is 0 Å². The fraction of sp³-hybridized carbons (Fsp3) is 0.333. The Morgan fingerprint density at radius 1 is 1.50 bits per heavy atom. The van der Waals surface area contributed by atoms with Crippen LogP contribution in [0.4, 0.5) is 5.00 Å². The molecule has 0 bridgehead atoms. The highest BCUT2D eigenvalue weighted by atomic mass is 79.9. The van der Waals surface area contributed by atoms with Crippen LogP contribution >= 0.6 is 27.3 Å². The number of halogens is 1. The molecule has 1 rings (SSSR count). The van der Waals surface area contributed by atoms with Gasteiger partial charge >= 0.3 is 11.9 Å². The summed E-state index contributed by atoms with van der Waals surface area (Å²) in [4.78, 5) is 21.2. The van der Waals surface area contributed by atoms with Crippen molar-refractivity contribution < 1.29 is 19.8 Å². The topological polar surface area (TPSA) is 86.6 Å². The van der Waals surface area contributed by atoms with E-state index < -0.39 is 17.9 Å². The Hall–Kier alpha value is -1.08. The Bertz CT molecular complexity index is 393. The number of hydrogen-bond acceptors (Lipinski definition) is 4. The summed E-state index contributed by atoms with van der Waals surface area (Å²) in [5.74, 6) is -3.13. The Labute approximate surface area is 104 Å². The standard InChI is InChI=1S/C9H10BrNO4S/c10-6-2-7(16-4-6)11-3-5(9(14)15)1-8(12)13/h2,4-5,11H,1,3H2,(H,12,13)(H,14,15). The molecule has 1 aromatic heterocycles. The van der Waals surface area contributed by atoms with Crippen molar-refractivity contribution in [2.45, 2.75) is 6.42 Å². The lowest BCUT2D eigenvalue weighted by atomic mass is 10.1. The van der Waals surface area contributed by atoms with Crippen molar-refractivity contribution in [3.63, 3.8) is 0 Å². The van der Waals surface area contributed by atoms with Gasteiger partial charge in [0.15, 0.2) is 0 Å². The Morgan fingerprint density at radius 2 is 2.19 bits per heavy atom. The highest BCUT2D eigenvalue weighted by Crippen LogP contribution is 2.24. The van der Waals surface area contributed by atoms with Crippen molar-refractivity contribution in [3.05, 3.63) is 15.9 Å². The minimum Gasteiger partial charge on any atom is -0.481 e. The minimum atomic E-state index is -1.11. The summed E-state index contributed by atoms with van der Waals surface area (Å²) >= 11 is 4.69. The molecule has 1 atom stereocenters. The van der Waals surface area contributed by atoms with Crippen LogP contribution in [0.25, 0.3) is 0 Å². The maximum absolute atomic E-state index is 10.8. The van der Waals surface area contributed by atoms with Gasteiger partial charge in [0.1, 0.15) is 0 Å². The number of thiophene rings is 1. The zero-order valence-electron chi connectivity index (χ0n) is 8.14. The molecule has 0 aromatic carbocycles. The van der Waals surface area contributed by atoms with Gasteiger partial charge in [-0.2, -0.15) is 0 Å². The van der Waals surface area contributed by atoms with Gasteiger partial charge in [-0.15, -0.1) is 11.3 Å². The fourth-order valence-corrected chi connectivity index (χ4v) is 2.42. The molecule has 0 fully saturated rings. The van der Waals surface area contributed by atoms with Crippen LogP contribution in [-0.2, 0) is 9.59 Å². The number of nitrogens with one attached hydrogen (secondary N) is 1. The van der Waals surface area contributed by atoms with Gasteiger partial charge in [-0.3, -0.25) is 9.59 Å². The lowest BCUT2D eigenvalue weighted by Crippen LogP contribution is -2.25. The van der Waals surface area contributed by atoms with Crippen LogP contribution in [0.2, 0.25) is 0 Å². The molecule has 0 spiro atoms. The SMILES string of the molecule is O=C(O)CC(CNc1cc(Br)cs1)C(=O)O. The first-order valence-corrected chi connectivity index (χ1v) is 6.09. The third-order valence-corrected chi connectivity index (χ3v) is 3.51. The molecule has 88 valence electrons. The largest absolute Gasteiger partial charge is 0.481 e. The lowest BCUT2D eigenvalue weighted by molar-refractivity contribution is -0.147. The molecule has 1 heterocycles. The normalized spacial score (nSPS) is 12.1. The van der Waals surface area contributed by atoms with E-state index >= 15 is 0 Å². The number of carboxylic acids is 2. The average molecular weight is 308 g/mol. The first-order valence-electron chi connectivity index (χ1n) is 4.41. The van der Waals surface area contributed by atoms with E-state index in [1.54, 1.807) is 0 Å². The molecule has 0 aliphatic rings. The third-order valence-electron chi connectivity index (χ3n) is 1.86. The van der Waals surface area contributed by atoms with Gasteiger partial charge in [0.2, 0.25) is 0 Å². The molecule has 0 saturated carbocycles. The Morgan fingerprint density at radius 3 is 2.62 bits per heavy atom. The molecule has 5 nitrogen and oxygen atoms in total. The lowest BCUT2D eigenvalue weighted by Gasteiger charge is -2.10. The number of aliphatic carboxylic acids is 2. The van der Waals surface area contributed by atoms with Gasteiger partial charge in [-0.05, 0) is 22.0 Å². The maximum atomic E-state index is 10.8. The number of anilines is 1. The molecule has 7 heteroatoms. The maximum Gasteiger partial charge on any atom is 0.308 e. The summed E-state index contributed by atoms with van der Waals surface area (Å²) in [7, 11) is 0. The predicted molar refractivity (Wildman–Crippen MR) is 63.9 cm³/mol. The Balaban J connectivity index is 2.50. The van der Waals surface area contributed by atoms with Crippen LogP contribution in [-0.4, -0.2) is 28.7 Å². The summed E-state index contributed by atoms with van der Waals surface area (Å²) in [6.07, 6.45) is -0.380. The van der Waals surface area contributed by atoms with E-state index in [4.69, 9.17) is 10.2 Å². The second kappa shape index (κ2) is 5.86. The number of carboxylic acid groups (broad SMARTS) is 2. The van der Waals surface area contributed by atoms with Crippen LogP contribution in [0.1, 0.15) is 6.42 Å². The molecule has 0 radical (unpaired) electrons. The van der Waals surface area contributed by atoms with Crippen molar-refractivity contribution in [1.29, 1.82) is 0 Å². The number of hydrogen-bond donors (Lipinski definition) is 3. The van der Waals surface area contributed by atoms with Gasteiger partial charge in [-0.1, -0.05) is 0 Å². The zero-order valence-corrected chi connectivity index (χ0v) is 10.5. The fourth-order valence-electron chi connectivity index (χ4n) is 1.09. The van der Waals surface area contributed by atoms with Crippen molar-refractivity contribution in [2.24, 2.45) is 5.92 Å². The van der Waals surface area contributed by atoms with E-state index in [0.717, 1.165) is 9.47 Å². The molecule has 1 unspecified atom stereocenters. The van der Waals surface area contributed by atoms with Gasteiger partial charge in [-0.25, -0.2) is 0 Å². The van der Waals surface area contributed by atoms with E-state index in [0.29, 0.717) is 0 Å². The van der Waals surface area contributed by atoms with E-state index in [1.807, 2.05) is 11.4 Å². The smallest absolute Gasteiger partial charge is 0.308 e. The second-order valence-corrected chi connectivity index (χ2v) is 4.97. The zero-order chi connectivity index (χ0) is 12.1. The van der Waals surface area contributed by atoms with E-state index in [1.165, 1.54) is 11.3 Å². The van der Waals surface area contributed by atoms with Crippen LogP contribution in [0.5, 0.6) is 0 Å². The first kappa shape index (κ1) is 13.0. The summed E-state index contributed by atoms with van der Waals surface area (Å²) in [6.45, 7) is 0.106. The van der Waals surface area contributed by atoms with E-state index in [9.17, 15) is 9.59 Å². The summed E-state index contributed by atoms with van der Waals surface area (Å²) in [5, 5.41) is 22.9. The molecule has 0 saturated heterocycles. The quantitative estimate of drug-likeness (QED) is 0.749. The van der Waals surface area contributed by atoms with Crippen LogP contribution < -0.4 is 5.32 Å². The number of carbonyl (C=O) groups is 2. The second-order valence-electron chi connectivity index (χ2n) is 3.14. The molecule has 16 heavy (non-hydrogen) atoms. The van der Waals surface area contributed by atoms with Crippen LogP contribution in [0.3, 0.4) is 0 Å². The molecular formula is C9H10BrNO4S. The van der Waals surface area contributed by atoms with Crippen LogP contribution in [0.15, 0.2) is 15.9 Å². The predicted octanol–water partition coefficient (Wildman–Crippen LogP) is 2.10. The average Bonchev–Trinajstić information content (AvgIpc) is 2.58. The molecule has 0 aliphatic carbocycles. The molecular weight excluding hydrogens is 298 g/mol. The third kappa shape index (κ3) is 4.19. The van der Waals surface area contributed by atoms with Crippen molar-refractivity contribution in [3.8, 4) is 0 Å². The summed E-state index contributed by atoms with van der Waals surface area (Å²) < 4.78 is 0.908.